The molecule has 0 saturated carbocycles. The minimum atomic E-state index is -0.563. The zero-order valence-corrected chi connectivity index (χ0v) is 23.8. The van der Waals surface area contributed by atoms with Gasteiger partial charge in [-0.15, -0.1) is 0 Å². The van der Waals surface area contributed by atoms with Crippen LogP contribution >= 0.6 is 0 Å². The van der Waals surface area contributed by atoms with Crippen LogP contribution in [0.15, 0.2) is 54.9 Å². The molecule has 0 atom stereocenters. The highest BCUT2D eigenvalue weighted by Gasteiger charge is 2.38. The van der Waals surface area contributed by atoms with Crippen molar-refractivity contribution in [2.24, 2.45) is 11.1 Å². The van der Waals surface area contributed by atoms with E-state index in [1.807, 2.05) is 43.5 Å². The number of pyridine rings is 2. The predicted molar refractivity (Wildman–Crippen MR) is 161 cm³/mol. The largest absolute Gasteiger partial charge is 0.492 e. The summed E-state index contributed by atoms with van der Waals surface area (Å²) >= 11 is 0. The number of likely N-dealkylation sites (tertiary alicyclic amines) is 1. The lowest BCUT2D eigenvalue weighted by Crippen LogP contribution is -2.48. The van der Waals surface area contributed by atoms with Crippen LogP contribution in [0.4, 0.5) is 28.7 Å². The van der Waals surface area contributed by atoms with E-state index in [0.29, 0.717) is 41.1 Å². The van der Waals surface area contributed by atoms with Crippen molar-refractivity contribution >= 4 is 34.6 Å². The molecule has 212 valence electrons. The van der Waals surface area contributed by atoms with Gasteiger partial charge in [0.25, 0.3) is 5.91 Å². The summed E-state index contributed by atoms with van der Waals surface area (Å²) in [4.78, 5) is 26.2. The number of piperidine rings is 2. The first-order chi connectivity index (χ1) is 19.4. The van der Waals surface area contributed by atoms with E-state index in [4.69, 9.17) is 10.5 Å². The van der Waals surface area contributed by atoms with Crippen molar-refractivity contribution in [2.45, 2.75) is 52.5 Å². The van der Waals surface area contributed by atoms with E-state index in [1.165, 1.54) is 45.0 Å². The molecule has 1 spiro atoms. The molecule has 9 nitrogen and oxygen atoms in total. The van der Waals surface area contributed by atoms with Gasteiger partial charge in [-0.05, 0) is 89.2 Å². The third-order valence-corrected chi connectivity index (χ3v) is 8.41. The number of anilines is 5. The second kappa shape index (κ2) is 12.1. The quantitative estimate of drug-likeness (QED) is 0.322. The summed E-state index contributed by atoms with van der Waals surface area (Å²) in [6, 6.07) is 14.1. The number of benzene rings is 1. The molecule has 1 aromatic carbocycles. The molecule has 0 aliphatic carbocycles. The van der Waals surface area contributed by atoms with Gasteiger partial charge in [0.15, 0.2) is 0 Å². The summed E-state index contributed by atoms with van der Waals surface area (Å²) in [6.07, 6.45) is 8.52. The maximum absolute atomic E-state index is 12.1. The normalized spacial score (nSPS) is 17.1. The molecule has 4 heterocycles. The fourth-order valence-corrected chi connectivity index (χ4v) is 5.85. The first-order valence-electron chi connectivity index (χ1n) is 14.4. The maximum atomic E-state index is 12.1. The Morgan fingerprint density at radius 2 is 1.65 bits per heavy atom. The van der Waals surface area contributed by atoms with Crippen LogP contribution in [0.3, 0.4) is 0 Å². The number of carbonyl (C=O) groups excluding carboxylic acids is 1. The topological polar surface area (TPSA) is 109 Å². The summed E-state index contributed by atoms with van der Waals surface area (Å²) in [5, 5.41) is 6.54. The number of carbonyl (C=O) groups is 1. The monoisotopic (exact) mass is 543 g/mol. The smallest absolute Gasteiger partial charge is 0.252 e. The molecule has 0 bridgehead atoms. The summed E-state index contributed by atoms with van der Waals surface area (Å²) in [7, 11) is 0. The van der Waals surface area contributed by atoms with Crippen LogP contribution in [0.1, 0.15) is 56.8 Å². The van der Waals surface area contributed by atoms with Crippen LogP contribution < -0.4 is 26.0 Å². The second-order valence-electron chi connectivity index (χ2n) is 11.2. The van der Waals surface area contributed by atoms with Crippen molar-refractivity contribution < 1.29 is 9.53 Å². The highest BCUT2D eigenvalue weighted by atomic mass is 16.5. The zero-order valence-electron chi connectivity index (χ0n) is 23.8. The number of para-hydroxylation sites is 2. The van der Waals surface area contributed by atoms with Gasteiger partial charge in [-0.3, -0.25) is 4.79 Å². The molecule has 5 rings (SSSR count). The Morgan fingerprint density at radius 1 is 0.950 bits per heavy atom. The van der Waals surface area contributed by atoms with Gasteiger partial charge in [-0.2, -0.15) is 0 Å². The number of ether oxygens (including phenoxy) is 1. The fraction of sp³-hybridized carbons (Fsp3) is 0.452. The molecule has 0 unspecified atom stereocenters. The molecule has 40 heavy (non-hydrogen) atoms. The van der Waals surface area contributed by atoms with Crippen LogP contribution in [-0.4, -0.2) is 59.6 Å². The number of nitrogens with zero attached hydrogens (tertiary/aromatic N) is 4. The highest BCUT2D eigenvalue weighted by molar-refractivity contribution is 5.99. The second-order valence-corrected chi connectivity index (χ2v) is 11.2. The van der Waals surface area contributed by atoms with Gasteiger partial charge < -0.3 is 30.9 Å². The number of hydrogen-bond donors (Lipinski definition) is 3. The number of nitrogens with two attached hydrogens (primary N) is 1. The summed E-state index contributed by atoms with van der Waals surface area (Å²) < 4.78 is 5.72. The standard InChI is InChI=1S/C31H41N7O2/c1-4-40-27-8-6-5-7-25(27)35-26-19-29(34-21-24(26)30(32)39)36-28-10-9-23(20-33-28)38-17-13-31(14-18-38)11-15-37(16-12-31)22(2)3/h5-10,19-22H,4,11-18H2,1-3H3,(H2,32,39)(H2,33,34,35,36). The SMILES string of the molecule is CCOc1ccccc1Nc1cc(Nc2ccc(N3CCC4(CC3)CCN(C(C)C)CC4)cn2)ncc1C(N)=O. The number of amides is 1. The molecule has 2 aliphatic rings. The van der Waals surface area contributed by atoms with E-state index >= 15 is 0 Å². The van der Waals surface area contributed by atoms with Crippen molar-refractivity contribution in [2.75, 3.05) is 48.3 Å². The Labute approximate surface area is 237 Å². The Hall–Kier alpha value is -3.85. The fourth-order valence-electron chi connectivity index (χ4n) is 5.85. The van der Waals surface area contributed by atoms with Crippen LogP contribution in [0.25, 0.3) is 0 Å². The van der Waals surface area contributed by atoms with Gasteiger partial charge in [0, 0.05) is 31.4 Å². The van der Waals surface area contributed by atoms with Gasteiger partial charge in [0.05, 0.1) is 35.4 Å². The van der Waals surface area contributed by atoms with Crippen molar-refractivity contribution in [3.05, 3.63) is 60.4 Å². The van der Waals surface area contributed by atoms with Gasteiger partial charge in [-0.25, -0.2) is 9.97 Å². The third kappa shape index (κ3) is 6.31. The number of aromatic nitrogens is 2. The molecule has 4 N–H and O–H groups in total. The summed E-state index contributed by atoms with van der Waals surface area (Å²) in [6.45, 7) is 11.7. The number of hydrogen-bond acceptors (Lipinski definition) is 8. The van der Waals surface area contributed by atoms with E-state index in [-0.39, 0.29) is 5.56 Å². The lowest BCUT2D eigenvalue weighted by Gasteiger charge is -2.48. The van der Waals surface area contributed by atoms with E-state index in [2.05, 4.69) is 50.3 Å². The lowest BCUT2D eigenvalue weighted by molar-refractivity contribution is 0.0632. The van der Waals surface area contributed by atoms with Gasteiger partial charge in [0.1, 0.15) is 17.4 Å². The molecular weight excluding hydrogens is 502 g/mol. The summed E-state index contributed by atoms with van der Waals surface area (Å²) in [5.41, 5.74) is 8.85. The third-order valence-electron chi connectivity index (χ3n) is 8.41. The minimum absolute atomic E-state index is 0.290. The van der Waals surface area contributed by atoms with E-state index in [0.717, 1.165) is 24.5 Å². The Bertz CT molecular complexity index is 1290. The zero-order chi connectivity index (χ0) is 28.1. The predicted octanol–water partition coefficient (Wildman–Crippen LogP) is 5.55. The van der Waals surface area contributed by atoms with E-state index < -0.39 is 5.91 Å². The van der Waals surface area contributed by atoms with Gasteiger partial charge in [-0.1, -0.05) is 12.1 Å². The van der Waals surface area contributed by atoms with Crippen LogP contribution in [0.2, 0.25) is 0 Å². The highest BCUT2D eigenvalue weighted by Crippen LogP contribution is 2.42. The first kappa shape index (κ1) is 27.7. The Morgan fingerprint density at radius 3 is 2.30 bits per heavy atom. The van der Waals surface area contributed by atoms with Crippen LogP contribution in [0, 0.1) is 5.41 Å². The number of primary amides is 1. The average molecular weight is 544 g/mol. The van der Waals surface area contributed by atoms with E-state index in [1.54, 1.807) is 6.07 Å². The molecule has 1 amide bonds. The number of rotatable bonds is 9. The lowest BCUT2D eigenvalue weighted by atomic mass is 9.71. The van der Waals surface area contributed by atoms with Gasteiger partial charge in [0.2, 0.25) is 0 Å². The first-order valence-corrected chi connectivity index (χ1v) is 14.4. The number of nitrogens with one attached hydrogen (secondary N) is 2. The van der Waals surface area contributed by atoms with Crippen molar-refractivity contribution in [3.63, 3.8) is 0 Å². The average Bonchev–Trinajstić information content (AvgIpc) is 2.95. The molecular formula is C31H41N7O2. The maximum Gasteiger partial charge on any atom is 0.252 e. The van der Waals surface area contributed by atoms with Crippen molar-refractivity contribution in [1.82, 2.24) is 14.9 Å². The molecule has 2 aliphatic heterocycles. The summed E-state index contributed by atoms with van der Waals surface area (Å²) in [5.74, 6) is 1.35. The Balaban J connectivity index is 1.23. The van der Waals surface area contributed by atoms with Crippen molar-refractivity contribution in [3.8, 4) is 5.75 Å². The molecule has 0 radical (unpaired) electrons. The van der Waals surface area contributed by atoms with Crippen LogP contribution in [-0.2, 0) is 0 Å². The molecule has 2 fully saturated rings. The van der Waals surface area contributed by atoms with Crippen LogP contribution in [0.5, 0.6) is 5.75 Å². The molecule has 2 aromatic heterocycles. The van der Waals surface area contributed by atoms with Gasteiger partial charge >= 0.3 is 0 Å². The minimum Gasteiger partial charge on any atom is -0.492 e. The van der Waals surface area contributed by atoms with E-state index in [9.17, 15) is 4.79 Å². The Kier molecular flexibility index (Phi) is 8.40. The molecule has 2 saturated heterocycles. The van der Waals surface area contributed by atoms with Crippen molar-refractivity contribution in [1.29, 1.82) is 0 Å². The molecule has 3 aromatic rings. The molecule has 9 heteroatoms.